The lowest BCUT2D eigenvalue weighted by Gasteiger charge is -2.11. The zero-order chi connectivity index (χ0) is 11.7. The topological polar surface area (TPSA) is 46.2 Å². The first-order valence-electron chi connectivity index (χ1n) is 5.46. The van der Waals surface area contributed by atoms with E-state index in [9.17, 15) is 9.59 Å². The number of fused-ring (bicyclic) bond motifs is 1. The molecule has 0 spiro atoms. The first-order chi connectivity index (χ1) is 7.63. The summed E-state index contributed by atoms with van der Waals surface area (Å²) < 4.78 is 0. The van der Waals surface area contributed by atoms with Gasteiger partial charge < -0.3 is 5.32 Å². The van der Waals surface area contributed by atoms with Gasteiger partial charge in [0, 0.05) is 31.4 Å². The number of Topliss-reactive ketones (excluding diaryl/α,β-unsaturated/α-hetero) is 1. The second-order valence-electron chi connectivity index (χ2n) is 4.24. The highest BCUT2D eigenvalue weighted by Crippen LogP contribution is 2.37. The lowest BCUT2D eigenvalue weighted by molar-refractivity contribution is -0.120. The lowest BCUT2D eigenvalue weighted by atomic mass is 9.93. The fourth-order valence-corrected chi connectivity index (χ4v) is 2.40. The van der Waals surface area contributed by atoms with Crippen LogP contribution in [0.2, 0.25) is 0 Å². The summed E-state index contributed by atoms with van der Waals surface area (Å²) in [7, 11) is 1.62. The third-order valence-electron chi connectivity index (χ3n) is 3.18. The van der Waals surface area contributed by atoms with Crippen LogP contribution in [-0.2, 0) is 4.79 Å². The molecule has 3 heteroatoms. The van der Waals surface area contributed by atoms with Gasteiger partial charge in [0.25, 0.3) is 0 Å². The normalized spacial score (nSPS) is 18.4. The van der Waals surface area contributed by atoms with Crippen LogP contribution in [-0.4, -0.2) is 18.7 Å². The quantitative estimate of drug-likeness (QED) is 0.821. The molecule has 0 saturated heterocycles. The molecular weight excluding hydrogens is 202 g/mol. The number of amides is 1. The Balaban J connectivity index is 2.35. The highest BCUT2D eigenvalue weighted by atomic mass is 16.1. The van der Waals surface area contributed by atoms with Crippen molar-refractivity contribution in [3.8, 4) is 0 Å². The SMILES string of the molecule is CNC(=O)CC1CC(=O)c2cccc(C)c21. The molecular formula is C13H15NO2. The van der Waals surface area contributed by atoms with Crippen molar-refractivity contribution < 1.29 is 9.59 Å². The maximum Gasteiger partial charge on any atom is 0.220 e. The van der Waals surface area contributed by atoms with Crippen LogP contribution in [0.4, 0.5) is 0 Å². The summed E-state index contributed by atoms with van der Waals surface area (Å²) in [6.07, 6.45) is 0.869. The number of benzene rings is 1. The van der Waals surface area contributed by atoms with E-state index in [-0.39, 0.29) is 17.6 Å². The Morgan fingerprint density at radius 1 is 1.50 bits per heavy atom. The van der Waals surface area contributed by atoms with Gasteiger partial charge in [-0.25, -0.2) is 0 Å². The predicted octanol–water partition coefficient (Wildman–Crippen LogP) is 1.80. The highest BCUT2D eigenvalue weighted by molar-refractivity contribution is 6.02. The van der Waals surface area contributed by atoms with Gasteiger partial charge in [-0.15, -0.1) is 0 Å². The minimum absolute atomic E-state index is 0.00565. The number of hydrogen-bond donors (Lipinski definition) is 1. The van der Waals surface area contributed by atoms with E-state index >= 15 is 0 Å². The minimum atomic E-state index is -0.00565. The first kappa shape index (κ1) is 10.9. The maximum atomic E-state index is 11.8. The average molecular weight is 217 g/mol. The van der Waals surface area contributed by atoms with Crippen molar-refractivity contribution in [3.63, 3.8) is 0 Å². The Labute approximate surface area is 94.9 Å². The Bertz CT molecular complexity index is 451. The molecule has 0 fully saturated rings. The van der Waals surface area contributed by atoms with E-state index < -0.39 is 0 Å². The van der Waals surface area contributed by atoms with Crippen LogP contribution >= 0.6 is 0 Å². The van der Waals surface area contributed by atoms with Crippen molar-refractivity contribution in [2.75, 3.05) is 7.05 Å². The average Bonchev–Trinajstić information content (AvgIpc) is 2.57. The lowest BCUT2D eigenvalue weighted by Crippen LogP contribution is -2.20. The van der Waals surface area contributed by atoms with Crippen molar-refractivity contribution in [1.29, 1.82) is 0 Å². The first-order valence-corrected chi connectivity index (χ1v) is 5.46. The third-order valence-corrected chi connectivity index (χ3v) is 3.18. The highest BCUT2D eigenvalue weighted by Gasteiger charge is 2.31. The van der Waals surface area contributed by atoms with Gasteiger partial charge in [0.15, 0.2) is 5.78 Å². The summed E-state index contributed by atoms with van der Waals surface area (Å²) in [6.45, 7) is 1.99. The monoisotopic (exact) mass is 217 g/mol. The Morgan fingerprint density at radius 3 is 2.94 bits per heavy atom. The van der Waals surface area contributed by atoms with E-state index in [1.165, 1.54) is 0 Å². The van der Waals surface area contributed by atoms with Gasteiger partial charge in [-0.3, -0.25) is 9.59 Å². The molecule has 3 nitrogen and oxygen atoms in total. The van der Waals surface area contributed by atoms with Crippen molar-refractivity contribution in [3.05, 3.63) is 34.9 Å². The molecule has 1 atom stereocenters. The van der Waals surface area contributed by atoms with Crippen molar-refractivity contribution in [1.82, 2.24) is 5.32 Å². The number of aryl methyl sites for hydroxylation is 1. The van der Waals surface area contributed by atoms with Crippen molar-refractivity contribution in [2.45, 2.75) is 25.7 Å². The molecule has 1 aromatic carbocycles. The van der Waals surface area contributed by atoms with E-state index in [0.29, 0.717) is 12.8 Å². The molecule has 0 heterocycles. The summed E-state index contributed by atoms with van der Waals surface area (Å²) in [5.41, 5.74) is 2.97. The van der Waals surface area contributed by atoms with Gasteiger partial charge in [0.05, 0.1) is 0 Å². The van der Waals surface area contributed by atoms with E-state index in [1.807, 2.05) is 25.1 Å². The number of rotatable bonds is 2. The van der Waals surface area contributed by atoms with Gasteiger partial charge in [0.2, 0.25) is 5.91 Å². The summed E-state index contributed by atoms with van der Waals surface area (Å²) >= 11 is 0. The molecule has 1 N–H and O–H groups in total. The standard InChI is InChI=1S/C13H15NO2/c1-8-4-3-5-10-11(15)6-9(13(8)10)7-12(16)14-2/h3-5,9H,6-7H2,1-2H3,(H,14,16). The molecule has 2 rings (SSSR count). The molecule has 0 saturated carbocycles. The van der Waals surface area contributed by atoms with E-state index in [2.05, 4.69) is 5.32 Å². The Kier molecular flexibility index (Phi) is 2.77. The molecule has 84 valence electrons. The zero-order valence-corrected chi connectivity index (χ0v) is 9.54. The second-order valence-corrected chi connectivity index (χ2v) is 4.24. The van der Waals surface area contributed by atoms with Gasteiger partial charge >= 0.3 is 0 Å². The van der Waals surface area contributed by atoms with E-state index in [4.69, 9.17) is 0 Å². The molecule has 1 aliphatic carbocycles. The third kappa shape index (κ3) is 1.73. The van der Waals surface area contributed by atoms with Gasteiger partial charge in [0.1, 0.15) is 0 Å². The minimum Gasteiger partial charge on any atom is -0.359 e. The fourth-order valence-electron chi connectivity index (χ4n) is 2.40. The number of nitrogens with one attached hydrogen (secondary N) is 1. The maximum absolute atomic E-state index is 11.8. The van der Waals surface area contributed by atoms with Crippen LogP contribution in [0, 0.1) is 6.92 Å². The van der Waals surface area contributed by atoms with Crippen LogP contribution in [0.1, 0.15) is 40.2 Å². The van der Waals surface area contributed by atoms with Crippen molar-refractivity contribution in [2.24, 2.45) is 0 Å². The van der Waals surface area contributed by atoms with Gasteiger partial charge in [-0.05, 0) is 18.1 Å². The van der Waals surface area contributed by atoms with Gasteiger partial charge in [-0.1, -0.05) is 18.2 Å². The number of carbonyl (C=O) groups is 2. The molecule has 16 heavy (non-hydrogen) atoms. The second kappa shape index (κ2) is 4.08. The van der Waals surface area contributed by atoms with Crippen LogP contribution in [0.3, 0.4) is 0 Å². The Hall–Kier alpha value is -1.64. The smallest absolute Gasteiger partial charge is 0.220 e. The molecule has 0 radical (unpaired) electrons. The largest absolute Gasteiger partial charge is 0.359 e. The van der Waals surface area contributed by atoms with Gasteiger partial charge in [-0.2, -0.15) is 0 Å². The van der Waals surface area contributed by atoms with Crippen LogP contribution < -0.4 is 5.32 Å². The summed E-state index contributed by atoms with van der Waals surface area (Å²) in [5.74, 6) is 0.213. The molecule has 1 unspecified atom stereocenters. The van der Waals surface area contributed by atoms with Crippen LogP contribution in [0.5, 0.6) is 0 Å². The fraction of sp³-hybridized carbons (Fsp3) is 0.385. The van der Waals surface area contributed by atoms with E-state index in [1.54, 1.807) is 7.05 Å². The molecule has 1 aliphatic rings. The predicted molar refractivity (Wildman–Crippen MR) is 61.6 cm³/mol. The number of carbonyl (C=O) groups excluding carboxylic acids is 2. The number of hydrogen-bond acceptors (Lipinski definition) is 2. The zero-order valence-electron chi connectivity index (χ0n) is 9.54. The summed E-state index contributed by atoms with van der Waals surface area (Å²) in [4.78, 5) is 23.1. The molecule has 0 bridgehead atoms. The van der Waals surface area contributed by atoms with Crippen LogP contribution in [0.15, 0.2) is 18.2 Å². The number of ketones is 1. The Morgan fingerprint density at radius 2 is 2.25 bits per heavy atom. The van der Waals surface area contributed by atoms with Crippen molar-refractivity contribution >= 4 is 11.7 Å². The molecule has 0 aromatic heterocycles. The summed E-state index contributed by atoms with van der Waals surface area (Å²) in [5, 5.41) is 2.61. The molecule has 0 aliphatic heterocycles. The molecule has 1 amide bonds. The summed E-state index contributed by atoms with van der Waals surface area (Å²) in [6, 6.07) is 5.75. The molecule has 1 aromatic rings. The van der Waals surface area contributed by atoms with E-state index in [0.717, 1.165) is 16.7 Å². The van der Waals surface area contributed by atoms with Crippen LogP contribution in [0.25, 0.3) is 0 Å².